The van der Waals surface area contributed by atoms with E-state index >= 15 is 0 Å². The molecule has 3 N–H and O–H groups in total. The number of benzene rings is 1. The second-order valence-corrected chi connectivity index (χ2v) is 6.69. The first-order valence-corrected chi connectivity index (χ1v) is 8.43. The molecule has 0 saturated carbocycles. The minimum absolute atomic E-state index is 0.140. The molecule has 1 heterocycles. The Balaban J connectivity index is 2.09. The van der Waals surface area contributed by atoms with Crippen molar-refractivity contribution in [2.24, 2.45) is 0 Å². The Morgan fingerprint density at radius 2 is 2.35 bits per heavy atom. The van der Waals surface area contributed by atoms with E-state index in [9.17, 15) is 4.79 Å². The minimum atomic E-state index is -0.140. The van der Waals surface area contributed by atoms with E-state index in [1.54, 1.807) is 17.8 Å². The lowest BCUT2D eigenvalue weighted by atomic mass is 10.2. The number of fused-ring (bicyclic) bond motifs is 1. The Kier molecular flexibility index (Phi) is 5.34. The number of carbonyl (C=O) groups is 1. The number of nitrogens with one attached hydrogen (secondary N) is 1. The van der Waals surface area contributed by atoms with Crippen LogP contribution in [0.5, 0.6) is 0 Å². The molecule has 0 aliphatic heterocycles. The highest BCUT2D eigenvalue weighted by atomic mass is 35.5. The van der Waals surface area contributed by atoms with Crippen molar-refractivity contribution in [3.05, 3.63) is 40.8 Å². The van der Waals surface area contributed by atoms with Gasteiger partial charge in [-0.1, -0.05) is 23.7 Å². The SMILES string of the molecule is C=CCSCCNC(=O)c1sc2cccc(Cl)c2c1N. The third-order valence-corrected chi connectivity index (χ3v) is 5.12. The van der Waals surface area contributed by atoms with Crippen molar-refractivity contribution in [2.75, 3.05) is 23.8 Å². The van der Waals surface area contributed by atoms with E-state index in [0.29, 0.717) is 22.1 Å². The molecule has 0 spiro atoms. The summed E-state index contributed by atoms with van der Waals surface area (Å²) in [5.41, 5.74) is 6.50. The molecule has 0 aliphatic carbocycles. The molecule has 1 aromatic heterocycles. The second kappa shape index (κ2) is 7.02. The fourth-order valence-corrected chi connectivity index (χ4v) is 3.76. The van der Waals surface area contributed by atoms with Gasteiger partial charge in [0.05, 0.1) is 10.7 Å². The molecule has 0 unspecified atom stereocenters. The van der Waals surface area contributed by atoms with Gasteiger partial charge in [0.1, 0.15) is 4.88 Å². The third-order valence-electron chi connectivity index (χ3n) is 2.68. The van der Waals surface area contributed by atoms with Gasteiger partial charge >= 0.3 is 0 Å². The summed E-state index contributed by atoms with van der Waals surface area (Å²) in [4.78, 5) is 12.7. The van der Waals surface area contributed by atoms with Crippen LogP contribution in [0.1, 0.15) is 9.67 Å². The van der Waals surface area contributed by atoms with Crippen LogP contribution in [0.4, 0.5) is 5.69 Å². The van der Waals surface area contributed by atoms with Gasteiger partial charge in [-0.15, -0.1) is 17.9 Å². The average molecular weight is 327 g/mol. The zero-order valence-corrected chi connectivity index (χ0v) is 13.2. The van der Waals surface area contributed by atoms with Crippen molar-refractivity contribution >= 4 is 56.4 Å². The molecule has 3 nitrogen and oxygen atoms in total. The highest BCUT2D eigenvalue weighted by Gasteiger charge is 2.17. The first-order valence-electron chi connectivity index (χ1n) is 6.08. The van der Waals surface area contributed by atoms with Gasteiger partial charge in [-0.3, -0.25) is 4.79 Å². The number of anilines is 1. The largest absolute Gasteiger partial charge is 0.397 e. The maximum Gasteiger partial charge on any atom is 0.263 e. The molecule has 0 saturated heterocycles. The highest BCUT2D eigenvalue weighted by Crippen LogP contribution is 2.37. The molecule has 0 fully saturated rings. The lowest BCUT2D eigenvalue weighted by Gasteiger charge is -2.03. The number of rotatable bonds is 6. The molecule has 0 aliphatic rings. The summed E-state index contributed by atoms with van der Waals surface area (Å²) in [5.74, 6) is 1.60. The van der Waals surface area contributed by atoms with Crippen molar-refractivity contribution in [2.45, 2.75) is 0 Å². The maximum atomic E-state index is 12.1. The average Bonchev–Trinajstić information content (AvgIpc) is 2.77. The van der Waals surface area contributed by atoms with Gasteiger partial charge < -0.3 is 11.1 Å². The van der Waals surface area contributed by atoms with Crippen molar-refractivity contribution in [3.8, 4) is 0 Å². The van der Waals surface area contributed by atoms with E-state index in [0.717, 1.165) is 21.6 Å². The van der Waals surface area contributed by atoms with Crippen LogP contribution >= 0.6 is 34.7 Å². The molecule has 0 bridgehead atoms. The summed E-state index contributed by atoms with van der Waals surface area (Å²) in [6.45, 7) is 4.26. The highest BCUT2D eigenvalue weighted by molar-refractivity contribution is 7.99. The number of nitrogen functional groups attached to an aromatic ring is 1. The summed E-state index contributed by atoms with van der Waals surface area (Å²) in [5, 5.41) is 4.22. The quantitative estimate of drug-likeness (QED) is 0.627. The Morgan fingerprint density at radius 3 is 3.05 bits per heavy atom. The second-order valence-electron chi connectivity index (χ2n) is 4.08. The summed E-state index contributed by atoms with van der Waals surface area (Å²) >= 11 is 9.21. The van der Waals surface area contributed by atoms with Crippen molar-refractivity contribution < 1.29 is 4.79 Å². The predicted molar refractivity (Wildman–Crippen MR) is 91.1 cm³/mol. The van der Waals surface area contributed by atoms with Gasteiger partial charge in [-0.2, -0.15) is 11.8 Å². The van der Waals surface area contributed by atoms with E-state index < -0.39 is 0 Å². The van der Waals surface area contributed by atoms with Crippen LogP contribution in [0.2, 0.25) is 5.02 Å². The first-order chi connectivity index (χ1) is 9.65. The Morgan fingerprint density at radius 1 is 1.55 bits per heavy atom. The number of carbonyl (C=O) groups excluding carboxylic acids is 1. The van der Waals surface area contributed by atoms with Crippen molar-refractivity contribution in [1.82, 2.24) is 5.32 Å². The minimum Gasteiger partial charge on any atom is -0.397 e. The number of amides is 1. The van der Waals surface area contributed by atoms with Crippen LogP contribution in [0.3, 0.4) is 0 Å². The van der Waals surface area contributed by atoms with E-state index in [2.05, 4.69) is 11.9 Å². The molecular formula is C14H15ClN2OS2. The van der Waals surface area contributed by atoms with E-state index in [-0.39, 0.29) is 5.91 Å². The van der Waals surface area contributed by atoms with Gasteiger partial charge in [-0.25, -0.2) is 0 Å². The van der Waals surface area contributed by atoms with Gasteiger partial charge in [0.25, 0.3) is 5.91 Å². The van der Waals surface area contributed by atoms with Crippen LogP contribution in [0, 0.1) is 0 Å². The predicted octanol–water partition coefficient (Wildman–Crippen LogP) is 3.79. The molecule has 2 rings (SSSR count). The van der Waals surface area contributed by atoms with Crippen molar-refractivity contribution in [1.29, 1.82) is 0 Å². The van der Waals surface area contributed by atoms with E-state index in [4.69, 9.17) is 17.3 Å². The smallest absolute Gasteiger partial charge is 0.263 e. The molecular weight excluding hydrogens is 312 g/mol. The monoisotopic (exact) mass is 326 g/mol. The molecule has 1 amide bonds. The summed E-state index contributed by atoms with van der Waals surface area (Å²) in [6.07, 6.45) is 1.85. The zero-order valence-electron chi connectivity index (χ0n) is 10.8. The molecule has 106 valence electrons. The van der Waals surface area contributed by atoms with Crippen molar-refractivity contribution in [3.63, 3.8) is 0 Å². The lowest BCUT2D eigenvalue weighted by Crippen LogP contribution is -2.25. The summed E-state index contributed by atoms with van der Waals surface area (Å²) < 4.78 is 0.932. The number of hydrogen-bond acceptors (Lipinski definition) is 4. The Bertz CT molecular complexity index is 639. The first kappa shape index (κ1) is 15.2. The summed E-state index contributed by atoms with van der Waals surface area (Å²) in [6, 6.07) is 5.55. The normalized spacial score (nSPS) is 10.7. The van der Waals surface area contributed by atoms with Gasteiger partial charge in [-0.05, 0) is 12.1 Å². The fourth-order valence-electron chi connectivity index (χ4n) is 1.78. The van der Waals surface area contributed by atoms with Crippen LogP contribution in [0.25, 0.3) is 10.1 Å². The molecule has 0 atom stereocenters. The molecule has 20 heavy (non-hydrogen) atoms. The Labute approximate surface area is 131 Å². The maximum absolute atomic E-state index is 12.1. The summed E-state index contributed by atoms with van der Waals surface area (Å²) in [7, 11) is 0. The fraction of sp³-hybridized carbons (Fsp3) is 0.214. The van der Waals surface area contributed by atoms with Crippen LogP contribution in [-0.2, 0) is 0 Å². The number of thioether (sulfide) groups is 1. The third kappa shape index (κ3) is 3.29. The van der Waals surface area contributed by atoms with E-state index in [1.165, 1.54) is 11.3 Å². The Hall–Kier alpha value is -1.17. The van der Waals surface area contributed by atoms with Crippen LogP contribution in [0.15, 0.2) is 30.9 Å². The zero-order chi connectivity index (χ0) is 14.5. The van der Waals surface area contributed by atoms with Crippen LogP contribution < -0.4 is 11.1 Å². The van der Waals surface area contributed by atoms with Crippen LogP contribution in [-0.4, -0.2) is 24.0 Å². The number of halogens is 1. The molecule has 1 aromatic carbocycles. The van der Waals surface area contributed by atoms with Gasteiger partial charge in [0.15, 0.2) is 0 Å². The number of thiophene rings is 1. The van der Waals surface area contributed by atoms with Gasteiger partial charge in [0.2, 0.25) is 0 Å². The topological polar surface area (TPSA) is 55.1 Å². The molecule has 2 aromatic rings. The van der Waals surface area contributed by atoms with Gasteiger partial charge in [0, 0.05) is 28.1 Å². The number of nitrogens with two attached hydrogens (primary N) is 1. The lowest BCUT2D eigenvalue weighted by molar-refractivity contribution is 0.0961. The van der Waals surface area contributed by atoms with E-state index in [1.807, 2.05) is 18.2 Å². The molecule has 6 heteroatoms. The standard InChI is InChI=1S/C14H15ClN2OS2/c1-2-7-19-8-6-17-14(18)13-12(16)11-9(15)4-3-5-10(11)20-13/h2-5H,1,6-8,16H2,(H,17,18). The number of hydrogen-bond donors (Lipinski definition) is 2. The molecule has 0 radical (unpaired) electrons.